The maximum Gasteiger partial charge on any atom is 0.226 e. The Morgan fingerprint density at radius 3 is 2.94 bits per heavy atom. The zero-order valence-electron chi connectivity index (χ0n) is 18.5. The van der Waals surface area contributed by atoms with Crippen LogP contribution in [0.2, 0.25) is 0 Å². The minimum Gasteiger partial charge on any atom is -0.507 e. The summed E-state index contributed by atoms with van der Waals surface area (Å²) in [4.78, 5) is 31.0. The van der Waals surface area contributed by atoms with Crippen LogP contribution >= 0.6 is 33.9 Å². The van der Waals surface area contributed by atoms with Crippen LogP contribution in [0.15, 0.2) is 18.3 Å². The molecule has 2 saturated carbocycles. The second-order valence-electron chi connectivity index (χ2n) is 10.0. The molecule has 0 aliphatic heterocycles. The van der Waals surface area contributed by atoms with E-state index in [4.69, 9.17) is 0 Å². The Morgan fingerprint density at radius 2 is 2.19 bits per heavy atom. The number of amides is 1. The molecule has 2 aromatic rings. The number of nitrogens with zero attached hydrogens (tertiary/aromatic N) is 1. The number of phenols is 1. The number of thiazole rings is 1. The Labute approximate surface area is 206 Å². The second-order valence-corrected chi connectivity index (χ2v) is 12.4. The van der Waals surface area contributed by atoms with E-state index in [0.29, 0.717) is 47.3 Å². The summed E-state index contributed by atoms with van der Waals surface area (Å²) in [5.74, 6) is 2.29. The molecule has 3 aliphatic carbocycles. The van der Waals surface area contributed by atoms with Crippen molar-refractivity contribution in [2.75, 3.05) is 5.32 Å². The zero-order chi connectivity index (χ0) is 22.6. The van der Waals surface area contributed by atoms with Gasteiger partial charge in [0.1, 0.15) is 11.5 Å². The molecule has 32 heavy (non-hydrogen) atoms. The number of carbonyl (C=O) groups is 2. The summed E-state index contributed by atoms with van der Waals surface area (Å²) in [6.45, 7) is 4.16. The first-order valence-corrected chi connectivity index (χ1v) is 13.4. The standard InChI is InChI=1S/C25H29IN2O3S/c1-13-12-27-24(32-13)28-22(31)6-4-15-10-21(30)25(2)8-7-16-17(23(15)25)5-3-14-9-20(29)19(26)11-18(14)16/h9,11-12,15-17,23,29H,3-8,10H2,1-2H3,(H,27,28,31)/t15-,16?,17?,23?,25-/m1/s1. The number of fused-ring (bicyclic) bond motifs is 5. The van der Waals surface area contributed by atoms with E-state index in [9.17, 15) is 14.7 Å². The molecule has 1 heterocycles. The summed E-state index contributed by atoms with van der Waals surface area (Å²) >= 11 is 3.70. The highest BCUT2D eigenvalue weighted by molar-refractivity contribution is 14.1. The number of rotatable bonds is 4. The van der Waals surface area contributed by atoms with Crippen molar-refractivity contribution in [1.29, 1.82) is 0 Å². The zero-order valence-corrected chi connectivity index (χ0v) is 21.5. The predicted molar refractivity (Wildman–Crippen MR) is 134 cm³/mol. The number of aryl methyl sites for hydroxylation is 2. The smallest absolute Gasteiger partial charge is 0.226 e. The fourth-order valence-electron chi connectivity index (χ4n) is 6.82. The third kappa shape index (κ3) is 3.79. The number of aromatic nitrogens is 1. The van der Waals surface area contributed by atoms with E-state index in [1.165, 1.54) is 22.5 Å². The van der Waals surface area contributed by atoms with Crippen molar-refractivity contribution in [2.45, 2.75) is 64.7 Å². The maximum atomic E-state index is 13.2. The number of ketones is 1. The van der Waals surface area contributed by atoms with Gasteiger partial charge < -0.3 is 10.4 Å². The van der Waals surface area contributed by atoms with E-state index < -0.39 is 0 Å². The Hall–Kier alpha value is -1.48. The Morgan fingerprint density at radius 1 is 1.38 bits per heavy atom. The molecular weight excluding hydrogens is 535 g/mol. The van der Waals surface area contributed by atoms with E-state index in [2.05, 4.69) is 45.9 Å². The molecule has 1 aromatic carbocycles. The van der Waals surface area contributed by atoms with Gasteiger partial charge in [0.2, 0.25) is 5.91 Å². The molecule has 1 amide bonds. The van der Waals surface area contributed by atoms with Gasteiger partial charge in [0.05, 0.1) is 3.57 Å². The van der Waals surface area contributed by atoms with Gasteiger partial charge in [0.15, 0.2) is 5.13 Å². The van der Waals surface area contributed by atoms with Gasteiger partial charge >= 0.3 is 0 Å². The van der Waals surface area contributed by atoms with Crippen LogP contribution in [0.3, 0.4) is 0 Å². The normalized spacial score (nSPS) is 31.0. The third-order valence-electron chi connectivity index (χ3n) is 8.25. The van der Waals surface area contributed by atoms with Gasteiger partial charge in [-0.05, 0) is 109 Å². The van der Waals surface area contributed by atoms with E-state index in [1.54, 1.807) is 6.20 Å². The van der Waals surface area contributed by atoms with Gasteiger partial charge in [-0.2, -0.15) is 0 Å². The highest BCUT2D eigenvalue weighted by Gasteiger charge is 2.58. The number of aromatic hydroxyl groups is 1. The maximum absolute atomic E-state index is 13.2. The topological polar surface area (TPSA) is 79.3 Å². The van der Waals surface area contributed by atoms with Crippen LogP contribution in [0.1, 0.15) is 67.4 Å². The number of benzene rings is 1. The molecule has 5 atom stereocenters. The molecule has 170 valence electrons. The minimum absolute atomic E-state index is 0.00761. The molecule has 2 N–H and O–H groups in total. The average molecular weight is 564 g/mol. The summed E-state index contributed by atoms with van der Waals surface area (Å²) in [5, 5.41) is 13.7. The first kappa shape index (κ1) is 22.3. The third-order valence-corrected chi connectivity index (χ3v) is 9.94. The lowest BCUT2D eigenvalue weighted by Crippen LogP contribution is -2.44. The summed E-state index contributed by atoms with van der Waals surface area (Å²) < 4.78 is 0.906. The number of halogens is 1. The summed E-state index contributed by atoms with van der Waals surface area (Å²) in [7, 11) is 0. The SMILES string of the molecule is Cc1cnc(NC(=O)CC[C@@H]2CC(=O)[C@@]3(C)CCC4c5cc(I)c(O)cc5CCC4C23)s1. The molecule has 1 aromatic heterocycles. The van der Waals surface area contributed by atoms with Crippen molar-refractivity contribution < 1.29 is 14.7 Å². The first-order valence-electron chi connectivity index (χ1n) is 11.5. The van der Waals surface area contributed by atoms with E-state index in [0.717, 1.165) is 40.6 Å². The van der Waals surface area contributed by atoms with Crippen LogP contribution in [0, 0.1) is 33.7 Å². The molecule has 0 saturated heterocycles. The highest BCUT2D eigenvalue weighted by atomic mass is 127. The summed E-state index contributed by atoms with van der Waals surface area (Å²) in [5.41, 5.74) is 2.39. The molecule has 5 nitrogen and oxygen atoms in total. The van der Waals surface area contributed by atoms with Crippen LogP contribution in [-0.4, -0.2) is 21.8 Å². The quantitative estimate of drug-likeness (QED) is 0.458. The van der Waals surface area contributed by atoms with Crippen LogP contribution in [0.25, 0.3) is 0 Å². The Bertz CT molecular complexity index is 1080. The largest absolute Gasteiger partial charge is 0.507 e. The van der Waals surface area contributed by atoms with Crippen molar-refractivity contribution in [2.24, 2.45) is 23.2 Å². The molecule has 7 heteroatoms. The van der Waals surface area contributed by atoms with Crippen molar-refractivity contribution >= 4 is 50.7 Å². The Kier molecular flexibility index (Phi) is 5.85. The van der Waals surface area contributed by atoms with Crippen molar-refractivity contribution in [3.8, 4) is 5.75 Å². The molecule has 5 rings (SSSR count). The van der Waals surface area contributed by atoms with Crippen molar-refractivity contribution in [3.63, 3.8) is 0 Å². The van der Waals surface area contributed by atoms with Crippen LogP contribution in [-0.2, 0) is 16.0 Å². The van der Waals surface area contributed by atoms with Crippen LogP contribution < -0.4 is 5.32 Å². The van der Waals surface area contributed by atoms with Gasteiger partial charge in [-0.3, -0.25) is 9.59 Å². The van der Waals surface area contributed by atoms with Crippen molar-refractivity contribution in [1.82, 2.24) is 4.98 Å². The number of carbonyl (C=O) groups excluding carboxylic acids is 2. The summed E-state index contributed by atoms with van der Waals surface area (Å²) in [6.07, 6.45) is 7.54. The minimum atomic E-state index is -0.254. The van der Waals surface area contributed by atoms with E-state index in [-0.39, 0.29) is 17.2 Å². The number of Topliss-reactive ketones (excluding diaryl/α,β-unsaturated/α-hetero) is 1. The van der Waals surface area contributed by atoms with Gasteiger partial charge in [-0.15, -0.1) is 11.3 Å². The van der Waals surface area contributed by atoms with Gasteiger partial charge in [-0.25, -0.2) is 4.98 Å². The molecular formula is C25H29IN2O3S. The van der Waals surface area contributed by atoms with E-state index in [1.807, 2.05) is 13.0 Å². The van der Waals surface area contributed by atoms with Gasteiger partial charge in [-0.1, -0.05) is 6.92 Å². The molecule has 0 radical (unpaired) electrons. The molecule has 3 unspecified atom stereocenters. The lowest BCUT2D eigenvalue weighted by atomic mass is 9.54. The van der Waals surface area contributed by atoms with E-state index >= 15 is 0 Å². The predicted octanol–water partition coefficient (Wildman–Crippen LogP) is 5.83. The van der Waals surface area contributed by atoms with Crippen LogP contribution in [0.5, 0.6) is 5.75 Å². The fraction of sp³-hybridized carbons (Fsp3) is 0.560. The number of anilines is 1. The number of hydrogen-bond acceptors (Lipinski definition) is 5. The molecule has 0 bridgehead atoms. The molecule has 0 spiro atoms. The lowest BCUT2D eigenvalue weighted by Gasteiger charge is -2.50. The van der Waals surface area contributed by atoms with Crippen LogP contribution in [0.4, 0.5) is 5.13 Å². The second kappa shape index (κ2) is 8.38. The van der Waals surface area contributed by atoms with Crippen molar-refractivity contribution in [3.05, 3.63) is 37.9 Å². The van der Waals surface area contributed by atoms with Gasteiger partial charge in [0.25, 0.3) is 0 Å². The molecule has 3 aliphatic rings. The monoisotopic (exact) mass is 564 g/mol. The average Bonchev–Trinajstić information content (AvgIpc) is 3.27. The number of hydrogen-bond donors (Lipinski definition) is 2. The first-order chi connectivity index (χ1) is 15.3. The number of phenolic OH excluding ortho intramolecular Hbond substituents is 1. The summed E-state index contributed by atoms with van der Waals surface area (Å²) in [6, 6.07) is 4.11. The lowest BCUT2D eigenvalue weighted by molar-refractivity contribution is -0.129. The highest BCUT2D eigenvalue weighted by Crippen LogP contribution is 2.62. The molecule has 2 fully saturated rings. The van der Waals surface area contributed by atoms with Gasteiger partial charge in [0, 0.05) is 29.3 Å². The number of nitrogens with one attached hydrogen (secondary N) is 1. The fourth-order valence-corrected chi connectivity index (χ4v) is 7.99. The Balaban J connectivity index is 1.35.